The van der Waals surface area contributed by atoms with E-state index in [2.05, 4.69) is 4.74 Å². The highest BCUT2D eigenvalue weighted by atomic mass is 35.5. The fourth-order valence-electron chi connectivity index (χ4n) is 1.90. The molecule has 8 heteroatoms. The zero-order valence-electron chi connectivity index (χ0n) is 12.8. The second kappa shape index (κ2) is 8.69. The van der Waals surface area contributed by atoms with Crippen LogP contribution in [0, 0.1) is 0 Å². The highest BCUT2D eigenvalue weighted by molar-refractivity contribution is 6.34. The summed E-state index contributed by atoms with van der Waals surface area (Å²) in [5.41, 5.74) is 0.216. The van der Waals surface area contributed by atoms with Gasteiger partial charge >= 0.3 is 12.6 Å². The molecule has 0 atom stereocenters. The van der Waals surface area contributed by atoms with Gasteiger partial charge in [0.05, 0.1) is 12.1 Å². The van der Waals surface area contributed by atoms with E-state index in [-0.39, 0.29) is 27.8 Å². The predicted octanol–water partition coefficient (Wildman–Crippen LogP) is 5.22. The molecule has 0 bridgehead atoms. The van der Waals surface area contributed by atoms with Gasteiger partial charge in [-0.25, -0.2) is 4.79 Å². The SMILES string of the molecule is COc1cccc(/C=C/C(=O)Oc2cc(Cl)ccc2Cl)c1OC(F)F. The van der Waals surface area contributed by atoms with Gasteiger partial charge in [-0.1, -0.05) is 35.3 Å². The molecule has 0 aliphatic carbocycles. The predicted molar refractivity (Wildman–Crippen MR) is 90.8 cm³/mol. The molecule has 0 saturated carbocycles. The number of hydrogen-bond donors (Lipinski definition) is 0. The zero-order valence-corrected chi connectivity index (χ0v) is 14.4. The van der Waals surface area contributed by atoms with Gasteiger partial charge in [0.25, 0.3) is 0 Å². The minimum Gasteiger partial charge on any atom is -0.493 e. The monoisotopic (exact) mass is 388 g/mol. The number of rotatable bonds is 6. The number of benzene rings is 2. The average Bonchev–Trinajstić information content (AvgIpc) is 2.56. The highest BCUT2D eigenvalue weighted by Gasteiger charge is 2.14. The van der Waals surface area contributed by atoms with E-state index in [9.17, 15) is 13.6 Å². The summed E-state index contributed by atoms with van der Waals surface area (Å²) in [5.74, 6) is -0.771. The van der Waals surface area contributed by atoms with Crippen molar-refractivity contribution in [2.45, 2.75) is 6.61 Å². The van der Waals surface area contributed by atoms with Gasteiger partial charge in [-0.2, -0.15) is 8.78 Å². The fourth-order valence-corrected chi connectivity index (χ4v) is 2.21. The average molecular weight is 389 g/mol. The number of ether oxygens (including phenoxy) is 3. The van der Waals surface area contributed by atoms with Crippen molar-refractivity contribution in [1.29, 1.82) is 0 Å². The van der Waals surface area contributed by atoms with Crippen LogP contribution in [0.3, 0.4) is 0 Å². The molecule has 0 saturated heterocycles. The summed E-state index contributed by atoms with van der Waals surface area (Å²) in [4.78, 5) is 11.9. The third kappa shape index (κ3) is 5.34. The number of alkyl halides is 2. The van der Waals surface area contributed by atoms with Crippen molar-refractivity contribution in [1.82, 2.24) is 0 Å². The Morgan fingerprint density at radius 2 is 1.92 bits per heavy atom. The van der Waals surface area contributed by atoms with Crippen LogP contribution in [0.15, 0.2) is 42.5 Å². The fraction of sp³-hybridized carbons (Fsp3) is 0.118. The molecule has 0 amide bonds. The number of carbonyl (C=O) groups excluding carboxylic acids is 1. The van der Waals surface area contributed by atoms with Crippen molar-refractivity contribution in [3.63, 3.8) is 0 Å². The molecular weight excluding hydrogens is 377 g/mol. The molecule has 0 unspecified atom stereocenters. The molecule has 2 aromatic carbocycles. The molecule has 0 aromatic heterocycles. The number of halogens is 4. The Balaban J connectivity index is 2.20. The molecule has 0 spiro atoms. The third-order valence-corrected chi connectivity index (χ3v) is 3.49. The molecule has 0 aliphatic rings. The first-order valence-electron chi connectivity index (χ1n) is 6.87. The van der Waals surface area contributed by atoms with Crippen molar-refractivity contribution in [3.8, 4) is 17.2 Å². The normalized spacial score (nSPS) is 11.0. The lowest BCUT2D eigenvalue weighted by Crippen LogP contribution is -2.06. The van der Waals surface area contributed by atoms with E-state index in [1.807, 2.05) is 0 Å². The number of para-hydroxylation sites is 1. The van der Waals surface area contributed by atoms with Crippen LogP contribution in [0.1, 0.15) is 5.56 Å². The molecule has 0 fully saturated rings. The Kier molecular flexibility index (Phi) is 6.61. The molecule has 2 rings (SSSR count). The quantitative estimate of drug-likeness (QED) is 0.386. The summed E-state index contributed by atoms with van der Waals surface area (Å²) in [6, 6.07) is 8.91. The van der Waals surface area contributed by atoms with Gasteiger partial charge in [0.15, 0.2) is 17.2 Å². The lowest BCUT2D eigenvalue weighted by atomic mass is 10.1. The summed E-state index contributed by atoms with van der Waals surface area (Å²) in [6.45, 7) is -3.04. The van der Waals surface area contributed by atoms with Gasteiger partial charge in [0.1, 0.15) is 0 Å². The summed E-state index contributed by atoms with van der Waals surface area (Å²) < 4.78 is 39.6. The Morgan fingerprint density at radius 1 is 1.16 bits per heavy atom. The van der Waals surface area contributed by atoms with Crippen LogP contribution in [0.4, 0.5) is 8.78 Å². The number of carbonyl (C=O) groups is 1. The standard InChI is InChI=1S/C17H12Cl2F2O4/c1-23-13-4-2-3-10(16(13)25-17(20)21)5-8-15(22)24-14-9-11(18)6-7-12(14)19/h2-9,17H,1H3/b8-5+. The molecule has 2 aromatic rings. The smallest absolute Gasteiger partial charge is 0.387 e. The van der Waals surface area contributed by atoms with Crippen molar-refractivity contribution >= 4 is 35.2 Å². The van der Waals surface area contributed by atoms with Crippen LogP contribution >= 0.6 is 23.2 Å². The second-order valence-electron chi connectivity index (χ2n) is 4.59. The number of hydrogen-bond acceptors (Lipinski definition) is 4. The maximum Gasteiger partial charge on any atom is 0.387 e. The molecule has 0 heterocycles. The van der Waals surface area contributed by atoms with E-state index in [1.54, 1.807) is 12.1 Å². The van der Waals surface area contributed by atoms with E-state index in [0.717, 1.165) is 6.08 Å². The van der Waals surface area contributed by atoms with Gasteiger partial charge < -0.3 is 14.2 Å². The van der Waals surface area contributed by atoms with E-state index in [1.165, 1.54) is 37.5 Å². The lowest BCUT2D eigenvalue weighted by molar-refractivity contribution is -0.128. The van der Waals surface area contributed by atoms with Gasteiger partial charge in [0, 0.05) is 22.7 Å². The minimum atomic E-state index is -3.04. The Morgan fingerprint density at radius 3 is 2.60 bits per heavy atom. The number of esters is 1. The van der Waals surface area contributed by atoms with E-state index in [4.69, 9.17) is 32.7 Å². The Labute approximate surface area is 152 Å². The molecule has 25 heavy (non-hydrogen) atoms. The highest BCUT2D eigenvalue weighted by Crippen LogP contribution is 2.33. The van der Waals surface area contributed by atoms with Gasteiger partial charge in [-0.3, -0.25) is 0 Å². The Bertz CT molecular complexity index is 794. The lowest BCUT2D eigenvalue weighted by Gasteiger charge is -2.12. The first-order chi connectivity index (χ1) is 11.9. The zero-order chi connectivity index (χ0) is 18.4. The van der Waals surface area contributed by atoms with E-state index in [0.29, 0.717) is 5.02 Å². The molecule has 132 valence electrons. The van der Waals surface area contributed by atoms with Crippen LogP contribution < -0.4 is 14.2 Å². The van der Waals surface area contributed by atoms with Gasteiger partial charge in [0.2, 0.25) is 0 Å². The maximum absolute atomic E-state index is 12.6. The summed E-state index contributed by atoms with van der Waals surface area (Å²) in [7, 11) is 1.32. The van der Waals surface area contributed by atoms with Crippen molar-refractivity contribution in [2.75, 3.05) is 7.11 Å². The van der Waals surface area contributed by atoms with Crippen LogP contribution in [0.2, 0.25) is 10.0 Å². The molecule has 0 radical (unpaired) electrons. The Hall–Kier alpha value is -2.31. The van der Waals surface area contributed by atoms with Crippen molar-refractivity contribution in [3.05, 3.63) is 58.1 Å². The van der Waals surface area contributed by atoms with E-state index >= 15 is 0 Å². The van der Waals surface area contributed by atoms with Crippen LogP contribution in [-0.2, 0) is 4.79 Å². The first-order valence-corrected chi connectivity index (χ1v) is 7.63. The van der Waals surface area contributed by atoms with Crippen molar-refractivity contribution in [2.24, 2.45) is 0 Å². The summed E-state index contributed by atoms with van der Waals surface area (Å²) >= 11 is 11.7. The molecule has 4 nitrogen and oxygen atoms in total. The summed E-state index contributed by atoms with van der Waals surface area (Å²) in [6.07, 6.45) is 2.31. The topological polar surface area (TPSA) is 44.8 Å². The van der Waals surface area contributed by atoms with Crippen LogP contribution in [-0.4, -0.2) is 19.7 Å². The third-order valence-electron chi connectivity index (χ3n) is 2.94. The second-order valence-corrected chi connectivity index (χ2v) is 5.43. The van der Waals surface area contributed by atoms with Crippen LogP contribution in [0.25, 0.3) is 6.08 Å². The number of methoxy groups -OCH3 is 1. The molecule has 0 N–H and O–H groups in total. The maximum atomic E-state index is 12.6. The van der Waals surface area contributed by atoms with E-state index < -0.39 is 12.6 Å². The van der Waals surface area contributed by atoms with Crippen molar-refractivity contribution < 1.29 is 27.8 Å². The first kappa shape index (κ1) is 19.0. The molecular formula is C17H12Cl2F2O4. The van der Waals surface area contributed by atoms with Crippen LogP contribution in [0.5, 0.6) is 17.2 Å². The minimum absolute atomic E-state index is 0.0820. The summed E-state index contributed by atoms with van der Waals surface area (Å²) in [5, 5.41) is 0.547. The van der Waals surface area contributed by atoms with Gasteiger partial charge in [-0.05, 0) is 24.3 Å². The van der Waals surface area contributed by atoms with Gasteiger partial charge in [-0.15, -0.1) is 0 Å². The largest absolute Gasteiger partial charge is 0.493 e. The molecule has 0 aliphatic heterocycles.